The van der Waals surface area contributed by atoms with E-state index in [1.165, 1.54) is 4.90 Å². The van der Waals surface area contributed by atoms with Crippen LogP contribution in [0.4, 0.5) is 5.82 Å². The van der Waals surface area contributed by atoms with Crippen molar-refractivity contribution in [3.05, 3.63) is 53.7 Å². The van der Waals surface area contributed by atoms with E-state index in [0.29, 0.717) is 5.56 Å². The summed E-state index contributed by atoms with van der Waals surface area (Å²) in [6.07, 6.45) is 0. The minimum atomic E-state index is 0.644. The lowest BCUT2D eigenvalue weighted by Gasteiger charge is -2.06. The van der Waals surface area contributed by atoms with Crippen molar-refractivity contribution in [2.45, 2.75) is 11.8 Å². The molecular weight excluding hydrogens is 254 g/mol. The van der Waals surface area contributed by atoms with Gasteiger partial charge in [0.05, 0.1) is 11.6 Å². The van der Waals surface area contributed by atoms with Gasteiger partial charge in [0.1, 0.15) is 5.82 Å². The largest absolute Gasteiger partial charge is 0.369 e. The molecule has 0 spiro atoms. The quantitative estimate of drug-likeness (QED) is 0.667. The van der Waals surface area contributed by atoms with E-state index in [1.807, 2.05) is 25.1 Å². The van der Waals surface area contributed by atoms with Gasteiger partial charge >= 0.3 is 0 Å². The first-order chi connectivity index (χ1) is 9.28. The standard InChI is InChI=1S/C15H15N3S/c1-12-9-13(11-16)10-15(18-12)17-7-8-19-14-5-3-2-4-6-14/h2-6,9-10H,7-8H2,1H3,(H,17,18). The van der Waals surface area contributed by atoms with Gasteiger partial charge in [-0.1, -0.05) is 18.2 Å². The highest BCUT2D eigenvalue weighted by molar-refractivity contribution is 7.99. The maximum Gasteiger partial charge on any atom is 0.127 e. The lowest BCUT2D eigenvalue weighted by atomic mass is 10.2. The molecule has 0 saturated carbocycles. The van der Waals surface area contributed by atoms with Crippen LogP contribution < -0.4 is 5.32 Å². The number of nitriles is 1. The molecule has 0 aliphatic carbocycles. The third-order valence-corrected chi connectivity index (χ3v) is 3.52. The Morgan fingerprint density at radius 3 is 2.79 bits per heavy atom. The Morgan fingerprint density at radius 2 is 2.05 bits per heavy atom. The van der Waals surface area contributed by atoms with E-state index in [9.17, 15) is 0 Å². The number of thioether (sulfide) groups is 1. The van der Waals surface area contributed by atoms with Crippen molar-refractivity contribution in [1.29, 1.82) is 5.26 Å². The summed E-state index contributed by atoms with van der Waals surface area (Å²) in [5.74, 6) is 1.73. The molecule has 0 saturated heterocycles. The minimum absolute atomic E-state index is 0.644. The second-order valence-electron chi connectivity index (χ2n) is 4.08. The molecule has 0 aliphatic rings. The molecule has 0 unspecified atom stereocenters. The summed E-state index contributed by atoms with van der Waals surface area (Å²) >= 11 is 1.80. The van der Waals surface area contributed by atoms with Crippen LogP contribution in [0.3, 0.4) is 0 Å². The summed E-state index contributed by atoms with van der Waals surface area (Å²) in [5.41, 5.74) is 1.50. The topological polar surface area (TPSA) is 48.7 Å². The number of nitrogens with zero attached hydrogens (tertiary/aromatic N) is 2. The van der Waals surface area contributed by atoms with Crippen molar-refractivity contribution in [3.63, 3.8) is 0 Å². The number of pyridine rings is 1. The SMILES string of the molecule is Cc1cc(C#N)cc(NCCSc2ccccc2)n1. The molecule has 1 N–H and O–H groups in total. The molecule has 4 heteroatoms. The summed E-state index contributed by atoms with van der Waals surface area (Å²) in [6.45, 7) is 2.71. The Bertz CT molecular complexity index is 576. The molecule has 2 rings (SSSR count). The second-order valence-corrected chi connectivity index (χ2v) is 5.25. The molecule has 0 atom stereocenters. The van der Waals surface area contributed by atoms with Crippen LogP contribution in [0.15, 0.2) is 47.4 Å². The van der Waals surface area contributed by atoms with Crippen LogP contribution in [0.5, 0.6) is 0 Å². The Labute approximate surface area is 117 Å². The monoisotopic (exact) mass is 269 g/mol. The van der Waals surface area contributed by atoms with E-state index >= 15 is 0 Å². The van der Waals surface area contributed by atoms with Crippen molar-refractivity contribution in [2.24, 2.45) is 0 Å². The number of hydrogen-bond donors (Lipinski definition) is 1. The number of benzene rings is 1. The second kappa shape index (κ2) is 6.81. The van der Waals surface area contributed by atoms with Crippen LogP contribution in [0, 0.1) is 18.3 Å². The zero-order valence-corrected chi connectivity index (χ0v) is 11.6. The van der Waals surface area contributed by atoms with Crippen LogP contribution >= 0.6 is 11.8 Å². The van der Waals surface area contributed by atoms with E-state index in [4.69, 9.17) is 5.26 Å². The number of rotatable bonds is 5. The number of nitrogens with one attached hydrogen (secondary N) is 1. The highest BCUT2D eigenvalue weighted by Crippen LogP contribution is 2.16. The molecule has 1 heterocycles. The highest BCUT2D eigenvalue weighted by atomic mass is 32.2. The fourth-order valence-electron chi connectivity index (χ4n) is 1.69. The third-order valence-electron chi connectivity index (χ3n) is 2.50. The number of hydrogen-bond acceptors (Lipinski definition) is 4. The number of aryl methyl sites for hydroxylation is 1. The van der Waals surface area contributed by atoms with Gasteiger partial charge in [-0.2, -0.15) is 5.26 Å². The van der Waals surface area contributed by atoms with E-state index in [-0.39, 0.29) is 0 Å². The van der Waals surface area contributed by atoms with Gasteiger partial charge in [0, 0.05) is 22.9 Å². The summed E-state index contributed by atoms with van der Waals surface area (Å²) in [5, 5.41) is 12.1. The van der Waals surface area contributed by atoms with Gasteiger partial charge < -0.3 is 5.32 Å². The van der Waals surface area contributed by atoms with Crippen LogP contribution in [-0.4, -0.2) is 17.3 Å². The zero-order valence-electron chi connectivity index (χ0n) is 10.8. The molecule has 1 aromatic carbocycles. The van der Waals surface area contributed by atoms with Crippen LogP contribution in [0.25, 0.3) is 0 Å². The number of anilines is 1. The van der Waals surface area contributed by atoms with Crippen LogP contribution in [-0.2, 0) is 0 Å². The molecule has 0 fully saturated rings. The molecule has 96 valence electrons. The van der Waals surface area contributed by atoms with E-state index in [2.05, 4.69) is 28.5 Å². The van der Waals surface area contributed by atoms with Crippen molar-refractivity contribution in [2.75, 3.05) is 17.6 Å². The highest BCUT2D eigenvalue weighted by Gasteiger charge is 1.99. The molecule has 19 heavy (non-hydrogen) atoms. The normalized spacial score (nSPS) is 9.89. The lowest BCUT2D eigenvalue weighted by molar-refractivity contribution is 1.12. The smallest absolute Gasteiger partial charge is 0.127 e. The van der Waals surface area contributed by atoms with Gasteiger partial charge in [0.25, 0.3) is 0 Å². The van der Waals surface area contributed by atoms with Gasteiger partial charge in [-0.15, -0.1) is 11.8 Å². The summed E-state index contributed by atoms with van der Waals surface area (Å²) < 4.78 is 0. The average Bonchev–Trinajstić information content (AvgIpc) is 2.44. The molecule has 0 bridgehead atoms. The van der Waals surface area contributed by atoms with Crippen LogP contribution in [0.2, 0.25) is 0 Å². The maximum absolute atomic E-state index is 8.90. The molecule has 3 nitrogen and oxygen atoms in total. The predicted molar refractivity (Wildman–Crippen MR) is 79.3 cm³/mol. The zero-order chi connectivity index (χ0) is 13.5. The lowest BCUT2D eigenvalue weighted by Crippen LogP contribution is -2.06. The van der Waals surface area contributed by atoms with Crippen molar-refractivity contribution >= 4 is 17.6 Å². The van der Waals surface area contributed by atoms with E-state index < -0.39 is 0 Å². The Balaban J connectivity index is 1.83. The molecular formula is C15H15N3S. The summed E-state index contributed by atoms with van der Waals surface area (Å²) in [4.78, 5) is 5.62. The molecule has 0 radical (unpaired) electrons. The maximum atomic E-state index is 8.90. The fourth-order valence-corrected chi connectivity index (χ4v) is 2.48. The summed E-state index contributed by atoms with van der Waals surface area (Å²) in [7, 11) is 0. The first kappa shape index (κ1) is 13.4. The van der Waals surface area contributed by atoms with E-state index in [0.717, 1.165) is 23.8 Å². The van der Waals surface area contributed by atoms with Gasteiger partial charge in [-0.25, -0.2) is 4.98 Å². The minimum Gasteiger partial charge on any atom is -0.369 e. The number of aromatic nitrogens is 1. The molecule has 0 aliphatic heterocycles. The van der Waals surface area contributed by atoms with Crippen molar-refractivity contribution in [1.82, 2.24) is 4.98 Å². The van der Waals surface area contributed by atoms with Crippen molar-refractivity contribution in [3.8, 4) is 6.07 Å². The van der Waals surface area contributed by atoms with Gasteiger partial charge in [0.15, 0.2) is 0 Å². The molecule has 0 amide bonds. The Hall–Kier alpha value is -1.99. The summed E-state index contributed by atoms with van der Waals surface area (Å²) in [6, 6.07) is 16.0. The Kier molecular flexibility index (Phi) is 4.82. The average molecular weight is 269 g/mol. The van der Waals surface area contributed by atoms with E-state index in [1.54, 1.807) is 23.9 Å². The fraction of sp³-hybridized carbons (Fsp3) is 0.200. The molecule has 2 aromatic rings. The van der Waals surface area contributed by atoms with Crippen LogP contribution in [0.1, 0.15) is 11.3 Å². The van der Waals surface area contributed by atoms with Gasteiger partial charge in [-0.05, 0) is 31.2 Å². The van der Waals surface area contributed by atoms with Crippen molar-refractivity contribution < 1.29 is 0 Å². The first-order valence-electron chi connectivity index (χ1n) is 6.08. The molecule has 1 aromatic heterocycles. The first-order valence-corrected chi connectivity index (χ1v) is 7.07. The van der Waals surface area contributed by atoms with Gasteiger partial charge in [0.2, 0.25) is 0 Å². The predicted octanol–water partition coefficient (Wildman–Crippen LogP) is 3.47. The van der Waals surface area contributed by atoms with Gasteiger partial charge in [-0.3, -0.25) is 0 Å². The third kappa shape index (κ3) is 4.31. The Morgan fingerprint density at radius 1 is 1.26 bits per heavy atom.